The van der Waals surface area contributed by atoms with Gasteiger partial charge in [0.05, 0.1) is 26.5 Å². The molecule has 0 saturated carbocycles. The number of anilines is 1. The zero-order valence-corrected chi connectivity index (χ0v) is 18.9. The summed E-state index contributed by atoms with van der Waals surface area (Å²) in [5, 5.41) is 19.4. The number of rotatable bonds is 8. The van der Waals surface area contributed by atoms with Crippen LogP contribution in [0.4, 0.5) is 5.82 Å². The molecule has 0 bridgehead atoms. The zero-order valence-electron chi connectivity index (χ0n) is 18.1. The minimum atomic E-state index is 0.0724. The van der Waals surface area contributed by atoms with Crippen LogP contribution in [0.2, 0.25) is 0 Å². The Bertz CT molecular complexity index is 1190. The van der Waals surface area contributed by atoms with Crippen LogP contribution in [-0.4, -0.2) is 31.5 Å². The molecule has 1 unspecified atom stereocenters. The normalized spacial score (nSPS) is 12.0. The van der Waals surface area contributed by atoms with Gasteiger partial charge in [-0.2, -0.15) is 5.10 Å². The number of hydrogen-bond donors (Lipinski definition) is 2. The van der Waals surface area contributed by atoms with E-state index in [1.54, 1.807) is 31.8 Å². The Hall–Kier alpha value is -3.16. The van der Waals surface area contributed by atoms with Crippen molar-refractivity contribution in [1.82, 2.24) is 15.5 Å². The first kappa shape index (κ1) is 21.1. The Labute approximate surface area is 186 Å². The van der Waals surface area contributed by atoms with Crippen molar-refractivity contribution in [3.05, 3.63) is 64.5 Å². The summed E-state index contributed by atoms with van der Waals surface area (Å²) in [6.45, 7) is 2.97. The van der Waals surface area contributed by atoms with Crippen LogP contribution in [-0.2, 0) is 6.54 Å². The molecule has 0 aliphatic rings. The van der Waals surface area contributed by atoms with Gasteiger partial charge in [-0.05, 0) is 54.2 Å². The highest BCUT2D eigenvalue weighted by molar-refractivity contribution is 7.10. The van der Waals surface area contributed by atoms with E-state index >= 15 is 0 Å². The van der Waals surface area contributed by atoms with Gasteiger partial charge in [-0.25, -0.2) is 0 Å². The highest BCUT2D eigenvalue weighted by atomic mass is 32.1. The summed E-state index contributed by atoms with van der Waals surface area (Å²) in [6.07, 6.45) is 1.73. The molecule has 6 nitrogen and oxygen atoms in total. The third-order valence-electron chi connectivity index (χ3n) is 5.26. The van der Waals surface area contributed by atoms with E-state index in [2.05, 4.69) is 63.5 Å². The summed E-state index contributed by atoms with van der Waals surface area (Å²) in [6, 6.07) is 14.7. The number of nitrogens with one attached hydrogen (secondary N) is 2. The van der Waals surface area contributed by atoms with Crippen molar-refractivity contribution >= 4 is 27.9 Å². The highest BCUT2D eigenvalue weighted by Gasteiger charge is 2.15. The van der Waals surface area contributed by atoms with E-state index < -0.39 is 0 Å². The molecule has 0 radical (unpaired) electrons. The van der Waals surface area contributed by atoms with E-state index in [1.807, 2.05) is 19.2 Å². The van der Waals surface area contributed by atoms with Crippen molar-refractivity contribution in [1.29, 1.82) is 0 Å². The third-order valence-corrected chi connectivity index (χ3v) is 6.38. The second-order valence-corrected chi connectivity index (χ2v) is 8.22. The van der Waals surface area contributed by atoms with Crippen molar-refractivity contribution in [3.63, 3.8) is 0 Å². The molecule has 0 amide bonds. The van der Waals surface area contributed by atoms with E-state index in [9.17, 15) is 0 Å². The zero-order chi connectivity index (χ0) is 21.8. The molecule has 0 spiro atoms. The minimum absolute atomic E-state index is 0.0724. The lowest BCUT2D eigenvalue weighted by Gasteiger charge is -2.15. The van der Waals surface area contributed by atoms with Crippen molar-refractivity contribution in [2.75, 3.05) is 26.6 Å². The van der Waals surface area contributed by atoms with Gasteiger partial charge in [0, 0.05) is 22.2 Å². The van der Waals surface area contributed by atoms with Crippen molar-refractivity contribution in [3.8, 4) is 22.6 Å². The molecule has 4 rings (SSSR count). The number of fused-ring (bicyclic) bond motifs is 1. The summed E-state index contributed by atoms with van der Waals surface area (Å²) in [7, 11) is 5.23. The first-order valence-corrected chi connectivity index (χ1v) is 11.0. The van der Waals surface area contributed by atoms with Crippen LogP contribution in [0.1, 0.15) is 23.4 Å². The predicted octanol–water partition coefficient (Wildman–Crippen LogP) is 5.27. The third kappa shape index (κ3) is 4.33. The summed E-state index contributed by atoms with van der Waals surface area (Å²) < 4.78 is 10.9. The van der Waals surface area contributed by atoms with Crippen LogP contribution in [0.3, 0.4) is 0 Å². The smallest absolute Gasteiger partial charge is 0.161 e. The average Bonchev–Trinajstić information content (AvgIpc) is 3.29. The molecule has 31 heavy (non-hydrogen) atoms. The van der Waals surface area contributed by atoms with Gasteiger partial charge in [-0.15, -0.1) is 16.4 Å². The van der Waals surface area contributed by atoms with E-state index in [4.69, 9.17) is 9.47 Å². The first-order chi connectivity index (χ1) is 15.1. The summed E-state index contributed by atoms with van der Waals surface area (Å²) >= 11 is 1.74. The lowest BCUT2D eigenvalue weighted by Crippen LogP contribution is -2.08. The number of hydrogen-bond acceptors (Lipinski definition) is 7. The van der Waals surface area contributed by atoms with Gasteiger partial charge in [0.25, 0.3) is 0 Å². The number of aromatic nitrogens is 2. The van der Waals surface area contributed by atoms with Crippen LogP contribution in [0.5, 0.6) is 11.5 Å². The van der Waals surface area contributed by atoms with Crippen LogP contribution in [0, 0.1) is 0 Å². The molecule has 0 aliphatic heterocycles. The number of methoxy groups -OCH3 is 2. The fourth-order valence-electron chi connectivity index (χ4n) is 3.66. The van der Waals surface area contributed by atoms with Gasteiger partial charge in [0.1, 0.15) is 0 Å². The maximum absolute atomic E-state index is 5.47. The molecular weight excluding hydrogens is 408 g/mol. The van der Waals surface area contributed by atoms with Gasteiger partial charge >= 0.3 is 0 Å². The summed E-state index contributed by atoms with van der Waals surface area (Å²) in [5.74, 6) is 2.06. The molecule has 0 fully saturated rings. The number of benzene rings is 2. The van der Waals surface area contributed by atoms with Crippen LogP contribution in [0.15, 0.2) is 54.0 Å². The highest BCUT2D eigenvalue weighted by Crippen LogP contribution is 2.36. The van der Waals surface area contributed by atoms with Gasteiger partial charge in [-0.1, -0.05) is 24.3 Å². The quantitative estimate of drug-likeness (QED) is 0.394. The maximum atomic E-state index is 5.47. The Kier molecular flexibility index (Phi) is 6.34. The van der Waals surface area contributed by atoms with Gasteiger partial charge in [0.2, 0.25) is 0 Å². The summed E-state index contributed by atoms with van der Waals surface area (Å²) in [5.41, 5.74) is 3.78. The molecule has 0 aliphatic carbocycles. The Morgan fingerprint density at radius 1 is 1.06 bits per heavy atom. The van der Waals surface area contributed by atoms with Crippen molar-refractivity contribution in [2.45, 2.75) is 19.5 Å². The van der Waals surface area contributed by atoms with Crippen LogP contribution < -0.4 is 20.1 Å². The molecule has 4 aromatic rings. The largest absolute Gasteiger partial charge is 0.493 e. The fourth-order valence-corrected chi connectivity index (χ4v) is 4.58. The average molecular weight is 435 g/mol. The van der Waals surface area contributed by atoms with Gasteiger partial charge < -0.3 is 20.1 Å². The van der Waals surface area contributed by atoms with E-state index in [0.29, 0.717) is 11.5 Å². The molecular formula is C24H26N4O2S. The van der Waals surface area contributed by atoms with Gasteiger partial charge in [-0.3, -0.25) is 0 Å². The molecule has 7 heteroatoms. The molecule has 2 aromatic carbocycles. The molecule has 2 N–H and O–H groups in total. The first-order valence-electron chi connectivity index (χ1n) is 10.1. The lowest BCUT2D eigenvalue weighted by molar-refractivity contribution is 0.356. The lowest BCUT2D eigenvalue weighted by atomic mass is 10.0. The van der Waals surface area contributed by atoms with E-state index in [-0.39, 0.29) is 6.04 Å². The topological polar surface area (TPSA) is 68.3 Å². The summed E-state index contributed by atoms with van der Waals surface area (Å²) in [4.78, 5) is 1.23. The Balaban J connectivity index is 1.62. The Morgan fingerprint density at radius 2 is 1.84 bits per heavy atom. The fraction of sp³-hybridized carbons (Fsp3) is 0.250. The second kappa shape index (κ2) is 9.32. The van der Waals surface area contributed by atoms with Gasteiger partial charge in [0.15, 0.2) is 17.3 Å². The number of thiophene rings is 1. The van der Waals surface area contributed by atoms with E-state index in [1.165, 1.54) is 21.6 Å². The van der Waals surface area contributed by atoms with Crippen LogP contribution >= 0.6 is 11.3 Å². The minimum Gasteiger partial charge on any atom is -0.493 e. The SMILES string of the molecule is CNCc1ccccc1-c1csc(C(C)Nc2nncc3cc(OC)c(OC)cc23)c1. The number of ether oxygens (including phenoxy) is 2. The molecule has 0 saturated heterocycles. The Morgan fingerprint density at radius 3 is 2.61 bits per heavy atom. The standard InChI is InChI=1S/C24H26N4O2S/c1-15(23-10-18(14-31-23)19-8-6-5-7-16(19)12-25-2)27-24-20-11-22(30-4)21(29-3)9-17(20)13-26-28-24/h5-11,13-15,25H,12H2,1-4H3,(H,27,28). The molecule has 2 aromatic heterocycles. The molecule has 2 heterocycles. The van der Waals surface area contributed by atoms with E-state index in [0.717, 1.165) is 23.1 Å². The van der Waals surface area contributed by atoms with Crippen molar-refractivity contribution in [2.24, 2.45) is 0 Å². The second-order valence-electron chi connectivity index (χ2n) is 7.28. The van der Waals surface area contributed by atoms with Crippen LogP contribution in [0.25, 0.3) is 21.9 Å². The number of nitrogens with zero attached hydrogens (tertiary/aromatic N) is 2. The predicted molar refractivity (Wildman–Crippen MR) is 127 cm³/mol. The maximum Gasteiger partial charge on any atom is 0.161 e. The van der Waals surface area contributed by atoms with Crippen molar-refractivity contribution < 1.29 is 9.47 Å². The molecule has 160 valence electrons. The monoisotopic (exact) mass is 434 g/mol. The molecule has 1 atom stereocenters.